The van der Waals surface area contributed by atoms with Gasteiger partial charge in [-0.1, -0.05) is 48.6 Å². The fraction of sp³-hybridized carbons (Fsp3) is 0.455. The first-order valence-corrected chi connectivity index (χ1v) is 30.4. The van der Waals surface area contributed by atoms with Crippen LogP contribution in [0.4, 0.5) is 11.4 Å². The van der Waals surface area contributed by atoms with Crippen LogP contribution in [0.25, 0.3) is 16.9 Å². The van der Waals surface area contributed by atoms with Crippen LogP contribution in [0.5, 0.6) is 5.75 Å². The molecule has 79 heavy (non-hydrogen) atoms. The molecule has 7 rings (SSSR count). The van der Waals surface area contributed by atoms with Gasteiger partial charge in [0.2, 0.25) is 5.69 Å². The summed E-state index contributed by atoms with van der Waals surface area (Å²) < 4.78 is 139. The first-order chi connectivity index (χ1) is 37.4. The van der Waals surface area contributed by atoms with Gasteiger partial charge in [0, 0.05) is 97.0 Å². The van der Waals surface area contributed by atoms with Crippen molar-refractivity contribution in [3.8, 4) is 5.75 Å². The second kappa shape index (κ2) is 26.1. The number of hydrogen-bond donors (Lipinski definition) is 0. The average molecular weight is 1150 g/mol. The van der Waals surface area contributed by atoms with Crippen LogP contribution in [0.1, 0.15) is 94.4 Å². The normalized spacial score (nSPS) is 18.7. The molecule has 4 aliphatic heterocycles. The minimum Gasteiger partial charge on any atom is -0.748 e. The lowest BCUT2D eigenvalue weighted by atomic mass is 9.75. The summed E-state index contributed by atoms with van der Waals surface area (Å²) in [6, 6.07) is 17.1. The van der Waals surface area contributed by atoms with E-state index in [2.05, 4.69) is 6.08 Å². The van der Waals surface area contributed by atoms with E-state index >= 15 is 0 Å². The Bertz CT molecular complexity index is 3260. The summed E-state index contributed by atoms with van der Waals surface area (Å²) in [5.41, 5.74) is 3.99. The van der Waals surface area contributed by atoms with E-state index in [4.69, 9.17) is 28.5 Å². The quantitative estimate of drug-likeness (QED) is 0.0347. The molecule has 0 spiro atoms. The highest BCUT2D eigenvalue weighted by atomic mass is 32.2. The molecule has 21 nitrogen and oxygen atoms in total. The number of hydroxylamine groups is 2. The van der Waals surface area contributed by atoms with Gasteiger partial charge in [-0.2, -0.15) is 4.58 Å². The molecule has 0 N–H and O–H groups in total. The van der Waals surface area contributed by atoms with Crippen molar-refractivity contribution in [1.29, 1.82) is 0 Å². The van der Waals surface area contributed by atoms with Gasteiger partial charge in [-0.15, -0.1) is 5.06 Å². The third kappa shape index (κ3) is 15.9. The van der Waals surface area contributed by atoms with E-state index in [1.165, 1.54) is 12.1 Å². The van der Waals surface area contributed by atoms with E-state index < -0.39 is 75.5 Å². The van der Waals surface area contributed by atoms with Gasteiger partial charge in [-0.25, -0.2) is 30.0 Å². The monoisotopic (exact) mass is 1150 g/mol. The van der Waals surface area contributed by atoms with Gasteiger partial charge >= 0.3 is 5.97 Å². The molecule has 1 unspecified atom stereocenters. The summed E-state index contributed by atoms with van der Waals surface area (Å²) in [5, 5.41) is 0.444. The van der Waals surface area contributed by atoms with E-state index in [1.807, 2.05) is 73.4 Å². The van der Waals surface area contributed by atoms with Crippen LogP contribution in [-0.2, 0) is 73.9 Å². The molecule has 1 saturated heterocycles. The van der Waals surface area contributed by atoms with E-state index in [-0.39, 0.29) is 58.0 Å². The topological polar surface area (TPSA) is 288 Å². The number of rotatable bonds is 29. The summed E-state index contributed by atoms with van der Waals surface area (Å²) in [6.45, 7) is 8.72. The number of benzene rings is 3. The number of ether oxygens (including phenoxy) is 5. The van der Waals surface area contributed by atoms with E-state index in [9.17, 15) is 53.3 Å². The Morgan fingerprint density at radius 1 is 0.785 bits per heavy atom. The number of carbonyl (C=O) groups is 3. The number of amides is 2. The summed E-state index contributed by atoms with van der Waals surface area (Å²) >= 11 is 0. The first kappa shape index (κ1) is 60.7. The molecule has 0 bridgehead atoms. The number of hydrogen-bond acceptors (Lipinski definition) is 19. The van der Waals surface area contributed by atoms with Crippen molar-refractivity contribution in [1.82, 2.24) is 5.06 Å². The Hall–Kier alpha value is -5.93. The lowest BCUT2D eigenvalue weighted by molar-refractivity contribution is -0.437. The van der Waals surface area contributed by atoms with Crippen LogP contribution in [0.3, 0.4) is 0 Å². The maximum atomic E-state index is 13.1. The van der Waals surface area contributed by atoms with E-state index in [1.54, 1.807) is 30.8 Å². The second-order valence-corrected chi connectivity index (χ2v) is 24.4. The largest absolute Gasteiger partial charge is 0.748 e. The second-order valence-electron chi connectivity index (χ2n) is 20.0. The van der Waals surface area contributed by atoms with Crippen molar-refractivity contribution in [2.45, 2.75) is 88.0 Å². The van der Waals surface area contributed by atoms with Gasteiger partial charge in [0.05, 0.1) is 82.3 Å². The highest BCUT2D eigenvalue weighted by Gasteiger charge is 2.48. The van der Waals surface area contributed by atoms with Gasteiger partial charge in [0.15, 0.2) is 5.71 Å². The fourth-order valence-electron chi connectivity index (χ4n) is 10.1. The highest BCUT2D eigenvalue weighted by molar-refractivity contribution is 7.86. The van der Waals surface area contributed by atoms with Gasteiger partial charge in [0.25, 0.3) is 11.8 Å². The SMILES string of the molecule is COCCOCCOCCOCCC1=CC(C)(C)N(CCCS(=O)(=O)[O-])c2cc3c(cc21)/C(=C/C=C/C1=[N+](CCCS(=O)(=O)[O-])c2ccc(S(=O)(=O)[O-])cc2C1(C)CCCC(=O)ON1C(=O)CCC1=O)C=C(c1ccccc1)O3. The summed E-state index contributed by atoms with van der Waals surface area (Å²) in [6.07, 6.45) is 9.40. The number of allylic oxidation sites excluding steroid dienone is 5. The molecule has 24 heteroatoms. The Balaban J connectivity index is 1.28. The number of carbonyl (C=O) groups excluding carboxylic acids is 3. The molecule has 3 aromatic rings. The van der Waals surface area contributed by atoms with Crippen molar-refractivity contribution in [3.63, 3.8) is 0 Å². The van der Waals surface area contributed by atoms with Gasteiger partial charge < -0.3 is 47.1 Å². The maximum Gasteiger partial charge on any atom is 0.333 e. The fourth-order valence-corrected chi connectivity index (χ4v) is 11.6. The minimum atomic E-state index is -4.99. The van der Waals surface area contributed by atoms with Crippen molar-refractivity contribution >= 4 is 82.1 Å². The van der Waals surface area contributed by atoms with Crippen LogP contribution < -0.4 is 9.64 Å². The van der Waals surface area contributed by atoms with Crippen molar-refractivity contribution in [2.75, 3.05) is 82.9 Å². The van der Waals surface area contributed by atoms with Crippen LogP contribution in [-0.4, -0.2) is 156 Å². The zero-order chi connectivity index (χ0) is 57.2. The zero-order valence-corrected chi connectivity index (χ0v) is 47.0. The molecule has 3 aromatic carbocycles. The lowest BCUT2D eigenvalue weighted by Crippen LogP contribution is -2.46. The number of nitrogens with zero attached hydrogens (tertiary/aromatic N) is 3. The molecule has 0 aromatic heterocycles. The number of anilines is 1. The number of imide groups is 1. The van der Waals surface area contributed by atoms with Crippen molar-refractivity contribution < 1.29 is 86.4 Å². The number of fused-ring (bicyclic) bond motifs is 3. The third-order valence-corrected chi connectivity index (χ3v) is 16.3. The Morgan fingerprint density at radius 2 is 1.43 bits per heavy atom. The lowest BCUT2D eigenvalue weighted by Gasteiger charge is -2.44. The Morgan fingerprint density at radius 3 is 2.08 bits per heavy atom. The van der Waals surface area contributed by atoms with Gasteiger partial charge in [-0.3, -0.25) is 9.59 Å². The molecular weight excluding hydrogens is 1090 g/mol. The summed E-state index contributed by atoms with van der Waals surface area (Å²) in [4.78, 5) is 44.1. The predicted octanol–water partition coefficient (Wildman–Crippen LogP) is 5.74. The molecule has 4 heterocycles. The molecule has 0 radical (unpaired) electrons. The van der Waals surface area contributed by atoms with Crippen LogP contribution in [0.2, 0.25) is 0 Å². The molecule has 0 saturated carbocycles. The highest BCUT2D eigenvalue weighted by Crippen LogP contribution is 2.48. The number of methoxy groups -OCH3 is 1. The Kier molecular flexibility index (Phi) is 20.1. The van der Waals surface area contributed by atoms with Gasteiger partial charge in [0.1, 0.15) is 28.2 Å². The van der Waals surface area contributed by atoms with Crippen LogP contribution in [0.15, 0.2) is 95.9 Å². The summed E-state index contributed by atoms with van der Waals surface area (Å²) in [7, 11) is -12.6. The average Bonchev–Trinajstić information content (AvgIpc) is 4.10. The van der Waals surface area contributed by atoms with Gasteiger partial charge in [-0.05, 0) is 81.9 Å². The molecule has 0 aliphatic carbocycles. The molecule has 4 aliphatic rings. The maximum absolute atomic E-state index is 13.1. The molecule has 2 amide bonds. The Labute approximate surface area is 461 Å². The van der Waals surface area contributed by atoms with E-state index in [0.29, 0.717) is 97.3 Å². The standard InChI is InChI=1S/C55H67N3O18S3/c1-54(2)38-41(21-25-72-28-29-74-31-30-73-27-26-71-4)43-36-44-40(34-48(39-12-6-5-7-13-39)75-49(44)37-47(43)57(54)24-11-33-78(65,66)67)14-8-15-50-55(3,22-9-16-53(61)76-58-51(59)19-20-52(58)60)45-35-42(79(68,69)70)17-18-46(45)56(50)23-10-32-77(62,63)64/h5-8,12-15,17-18,34-38H,9-11,16,19-33H2,1-4H3,(H2-,62,63,64,65,66,67,68,69,70)/p-2. The predicted molar refractivity (Wildman–Crippen MR) is 288 cm³/mol. The molecule has 428 valence electrons. The molecular formula is C55H65N3O18S3-2. The van der Waals surface area contributed by atoms with Crippen molar-refractivity contribution in [3.05, 3.63) is 113 Å². The third-order valence-electron chi connectivity index (χ3n) is 13.9. The van der Waals surface area contributed by atoms with E-state index in [0.717, 1.165) is 28.5 Å². The summed E-state index contributed by atoms with van der Waals surface area (Å²) in [5.74, 6) is -2.50. The molecule has 1 atom stereocenters. The van der Waals surface area contributed by atoms with Crippen LogP contribution >= 0.6 is 0 Å². The van der Waals surface area contributed by atoms with Crippen molar-refractivity contribution in [2.24, 2.45) is 0 Å². The smallest absolute Gasteiger partial charge is 0.333 e. The first-order valence-electron chi connectivity index (χ1n) is 25.8. The zero-order valence-electron chi connectivity index (χ0n) is 44.5. The molecule has 1 fully saturated rings. The van der Waals surface area contributed by atoms with Crippen LogP contribution in [0, 0.1) is 0 Å². The minimum absolute atomic E-state index is 0.0322.